The van der Waals surface area contributed by atoms with Crippen LogP contribution in [-0.4, -0.2) is 51.4 Å². The molecule has 0 spiro atoms. The summed E-state index contributed by atoms with van der Waals surface area (Å²) in [5.41, 5.74) is 2.43. The highest BCUT2D eigenvalue weighted by Crippen LogP contribution is 2.31. The topological polar surface area (TPSA) is 67.1 Å². The van der Waals surface area contributed by atoms with Crippen LogP contribution in [0.25, 0.3) is 5.52 Å². The summed E-state index contributed by atoms with van der Waals surface area (Å²) < 4.78 is 7.43. The lowest BCUT2D eigenvalue weighted by molar-refractivity contribution is -0.0811. The SMILES string of the molecule is O=C(c1ccn2nccc2c1)N1CCO[C@@H](CO)[C@@H]1c1ccccc1. The Kier molecular flexibility index (Phi) is 4.21. The first-order chi connectivity index (χ1) is 12.3. The molecule has 0 radical (unpaired) electrons. The van der Waals surface area contributed by atoms with Crippen molar-refractivity contribution < 1.29 is 14.6 Å². The van der Waals surface area contributed by atoms with Gasteiger partial charge in [-0.3, -0.25) is 4.79 Å². The van der Waals surface area contributed by atoms with Crippen LogP contribution < -0.4 is 0 Å². The number of aliphatic hydroxyl groups excluding tert-OH is 1. The zero-order valence-corrected chi connectivity index (χ0v) is 13.7. The van der Waals surface area contributed by atoms with E-state index in [1.54, 1.807) is 27.9 Å². The van der Waals surface area contributed by atoms with Gasteiger partial charge in [0.05, 0.1) is 24.8 Å². The first-order valence-electron chi connectivity index (χ1n) is 8.30. The van der Waals surface area contributed by atoms with Crippen LogP contribution in [-0.2, 0) is 4.74 Å². The Hall–Kier alpha value is -2.70. The van der Waals surface area contributed by atoms with E-state index in [0.29, 0.717) is 18.7 Å². The molecule has 3 aromatic rings. The minimum absolute atomic E-state index is 0.0701. The third kappa shape index (κ3) is 2.90. The summed E-state index contributed by atoms with van der Waals surface area (Å²) in [4.78, 5) is 15.0. The average molecular weight is 337 g/mol. The molecule has 2 aromatic heterocycles. The third-order valence-corrected chi connectivity index (χ3v) is 4.58. The van der Waals surface area contributed by atoms with Crippen LogP contribution in [0.4, 0.5) is 0 Å². The number of morpholine rings is 1. The lowest BCUT2D eigenvalue weighted by Crippen LogP contribution is -2.49. The molecular formula is C19H19N3O3. The Balaban J connectivity index is 1.71. The Morgan fingerprint density at radius 3 is 2.88 bits per heavy atom. The molecule has 4 rings (SSSR count). The van der Waals surface area contributed by atoms with Crippen molar-refractivity contribution >= 4 is 11.4 Å². The number of aromatic nitrogens is 2. The van der Waals surface area contributed by atoms with E-state index in [1.165, 1.54) is 0 Å². The van der Waals surface area contributed by atoms with E-state index in [-0.39, 0.29) is 18.6 Å². The van der Waals surface area contributed by atoms with Crippen molar-refractivity contribution in [3.8, 4) is 0 Å². The van der Waals surface area contributed by atoms with Crippen molar-refractivity contribution in [2.24, 2.45) is 0 Å². The molecule has 0 unspecified atom stereocenters. The molecule has 128 valence electrons. The summed E-state index contributed by atoms with van der Waals surface area (Å²) in [7, 11) is 0. The van der Waals surface area contributed by atoms with E-state index in [0.717, 1.165) is 11.1 Å². The molecule has 25 heavy (non-hydrogen) atoms. The fourth-order valence-corrected chi connectivity index (χ4v) is 3.38. The number of aliphatic hydroxyl groups is 1. The Morgan fingerprint density at radius 1 is 1.24 bits per heavy atom. The second-order valence-corrected chi connectivity index (χ2v) is 6.06. The van der Waals surface area contributed by atoms with Gasteiger partial charge in [-0.2, -0.15) is 5.10 Å². The number of amides is 1. The van der Waals surface area contributed by atoms with E-state index >= 15 is 0 Å². The smallest absolute Gasteiger partial charge is 0.254 e. The van der Waals surface area contributed by atoms with Gasteiger partial charge in [-0.1, -0.05) is 30.3 Å². The minimum Gasteiger partial charge on any atom is -0.394 e. The van der Waals surface area contributed by atoms with Gasteiger partial charge < -0.3 is 14.7 Å². The van der Waals surface area contributed by atoms with Gasteiger partial charge in [0.2, 0.25) is 0 Å². The fraction of sp³-hybridized carbons (Fsp3) is 0.263. The normalized spacial score (nSPS) is 20.8. The lowest BCUT2D eigenvalue weighted by atomic mass is 9.97. The van der Waals surface area contributed by atoms with Gasteiger partial charge in [-0.05, 0) is 23.8 Å². The second kappa shape index (κ2) is 6.66. The number of hydrogen-bond donors (Lipinski definition) is 1. The number of fused-ring (bicyclic) bond motifs is 1. The van der Waals surface area contributed by atoms with Gasteiger partial charge in [-0.15, -0.1) is 0 Å². The lowest BCUT2D eigenvalue weighted by Gasteiger charge is -2.41. The van der Waals surface area contributed by atoms with Crippen molar-refractivity contribution in [1.82, 2.24) is 14.5 Å². The molecule has 1 aliphatic rings. The van der Waals surface area contributed by atoms with Crippen LogP contribution in [0.5, 0.6) is 0 Å². The highest BCUT2D eigenvalue weighted by Gasteiger charge is 2.36. The molecule has 1 amide bonds. The maximum atomic E-state index is 13.2. The van der Waals surface area contributed by atoms with Crippen molar-refractivity contribution in [2.45, 2.75) is 12.1 Å². The van der Waals surface area contributed by atoms with Crippen LogP contribution in [0.1, 0.15) is 22.0 Å². The molecule has 0 bridgehead atoms. The number of hydrogen-bond acceptors (Lipinski definition) is 4. The zero-order valence-electron chi connectivity index (χ0n) is 13.7. The molecule has 0 aliphatic carbocycles. The van der Waals surface area contributed by atoms with Gasteiger partial charge in [-0.25, -0.2) is 4.52 Å². The standard InChI is InChI=1S/C19H19N3O3/c23-13-17-18(14-4-2-1-3-5-14)21(10-11-25-17)19(24)15-7-9-22-16(12-15)6-8-20-22/h1-9,12,17-18,23H,10-11,13H2/t17-,18-/m0/s1. The zero-order chi connectivity index (χ0) is 17.2. The van der Waals surface area contributed by atoms with Crippen LogP contribution in [0.3, 0.4) is 0 Å². The predicted octanol–water partition coefficient (Wildman–Crippen LogP) is 1.91. The molecule has 6 heteroatoms. The van der Waals surface area contributed by atoms with E-state index in [2.05, 4.69) is 5.10 Å². The van der Waals surface area contributed by atoms with Gasteiger partial charge >= 0.3 is 0 Å². The Morgan fingerprint density at radius 2 is 2.08 bits per heavy atom. The quantitative estimate of drug-likeness (QED) is 0.793. The van der Waals surface area contributed by atoms with Crippen LogP contribution in [0.15, 0.2) is 60.9 Å². The van der Waals surface area contributed by atoms with E-state index < -0.39 is 6.10 Å². The fourth-order valence-electron chi connectivity index (χ4n) is 3.38. The summed E-state index contributed by atoms with van der Waals surface area (Å²) in [6, 6.07) is 14.9. The van der Waals surface area contributed by atoms with Crippen LogP contribution >= 0.6 is 0 Å². The van der Waals surface area contributed by atoms with E-state index in [9.17, 15) is 9.90 Å². The maximum Gasteiger partial charge on any atom is 0.254 e. The Bertz CT molecular complexity index is 878. The van der Waals surface area contributed by atoms with Crippen LogP contribution in [0.2, 0.25) is 0 Å². The molecular weight excluding hydrogens is 318 g/mol. The van der Waals surface area contributed by atoms with Gasteiger partial charge in [0.1, 0.15) is 6.10 Å². The molecule has 6 nitrogen and oxygen atoms in total. The molecule has 1 fully saturated rings. The minimum atomic E-state index is -0.432. The molecule has 1 aliphatic heterocycles. The Labute approximate surface area is 145 Å². The molecule has 1 saturated heterocycles. The number of benzene rings is 1. The van der Waals surface area contributed by atoms with Crippen LogP contribution in [0, 0.1) is 0 Å². The van der Waals surface area contributed by atoms with Gasteiger partial charge in [0, 0.05) is 24.5 Å². The number of rotatable bonds is 3. The monoisotopic (exact) mass is 337 g/mol. The number of carbonyl (C=O) groups is 1. The largest absolute Gasteiger partial charge is 0.394 e. The summed E-state index contributed by atoms with van der Waals surface area (Å²) in [6.45, 7) is 0.763. The number of ether oxygens (including phenoxy) is 1. The van der Waals surface area contributed by atoms with Crippen molar-refractivity contribution in [3.63, 3.8) is 0 Å². The molecule has 2 atom stereocenters. The van der Waals surface area contributed by atoms with Crippen molar-refractivity contribution in [3.05, 3.63) is 72.1 Å². The van der Waals surface area contributed by atoms with E-state index in [1.807, 2.05) is 42.5 Å². The van der Waals surface area contributed by atoms with Crippen molar-refractivity contribution in [2.75, 3.05) is 19.8 Å². The van der Waals surface area contributed by atoms with E-state index in [4.69, 9.17) is 4.74 Å². The highest BCUT2D eigenvalue weighted by molar-refractivity contribution is 5.95. The molecule has 1 N–H and O–H groups in total. The number of nitrogens with zero attached hydrogens (tertiary/aromatic N) is 3. The van der Waals surface area contributed by atoms with Gasteiger partial charge in [0.15, 0.2) is 0 Å². The summed E-state index contributed by atoms with van der Waals surface area (Å²) in [5.74, 6) is -0.0701. The first kappa shape index (κ1) is 15.8. The summed E-state index contributed by atoms with van der Waals surface area (Å²) in [5, 5.41) is 13.9. The summed E-state index contributed by atoms with van der Waals surface area (Å²) >= 11 is 0. The summed E-state index contributed by atoms with van der Waals surface area (Å²) in [6.07, 6.45) is 3.05. The second-order valence-electron chi connectivity index (χ2n) is 6.06. The first-order valence-corrected chi connectivity index (χ1v) is 8.30. The third-order valence-electron chi connectivity index (χ3n) is 4.58. The molecule has 0 saturated carbocycles. The highest BCUT2D eigenvalue weighted by atomic mass is 16.5. The van der Waals surface area contributed by atoms with Gasteiger partial charge in [0.25, 0.3) is 5.91 Å². The molecule has 1 aromatic carbocycles. The number of carbonyl (C=O) groups excluding carboxylic acids is 1. The maximum absolute atomic E-state index is 13.2. The molecule has 3 heterocycles. The van der Waals surface area contributed by atoms with Crippen molar-refractivity contribution in [1.29, 1.82) is 0 Å². The predicted molar refractivity (Wildman–Crippen MR) is 92.2 cm³/mol. The number of pyridine rings is 1. The average Bonchev–Trinajstić information content (AvgIpc) is 3.15.